The Balaban J connectivity index is 1.61. The third-order valence-electron chi connectivity index (χ3n) is 8.23. The monoisotopic (exact) mass is 524 g/mol. The Morgan fingerprint density at radius 3 is 2.65 bits per heavy atom. The lowest BCUT2D eigenvalue weighted by atomic mass is 9.74. The number of aliphatic hydroxyl groups is 1. The molecule has 0 saturated carbocycles. The summed E-state index contributed by atoms with van der Waals surface area (Å²) in [5.74, 6) is -1.97. The fraction of sp³-hybridized carbons (Fsp3) is 0.552. The summed E-state index contributed by atoms with van der Waals surface area (Å²) < 4.78 is 4.07. The molecule has 8 heteroatoms. The van der Waals surface area contributed by atoms with Gasteiger partial charge in [0.25, 0.3) is 5.91 Å². The van der Waals surface area contributed by atoms with Gasteiger partial charge >= 0.3 is 5.97 Å². The fourth-order valence-electron chi connectivity index (χ4n) is 6.52. The number of hydrogen-bond acceptors (Lipinski definition) is 6. The van der Waals surface area contributed by atoms with Crippen molar-refractivity contribution in [2.45, 2.75) is 62.0 Å². The summed E-state index contributed by atoms with van der Waals surface area (Å²) in [6, 6.07) is 5.35. The van der Waals surface area contributed by atoms with Crippen LogP contribution in [0, 0.1) is 25.7 Å². The van der Waals surface area contributed by atoms with Crippen LogP contribution in [0.3, 0.4) is 0 Å². The van der Waals surface area contributed by atoms with Gasteiger partial charge in [0.1, 0.15) is 6.04 Å². The second-order valence-corrected chi connectivity index (χ2v) is 12.6. The molecule has 0 aliphatic carbocycles. The third-order valence-corrected chi connectivity index (χ3v) is 10.0. The van der Waals surface area contributed by atoms with Crippen LogP contribution in [0.25, 0.3) is 0 Å². The van der Waals surface area contributed by atoms with Gasteiger partial charge in [0.15, 0.2) is 0 Å². The number of nitrogens with zero attached hydrogens (tertiary/aromatic N) is 2. The van der Waals surface area contributed by atoms with E-state index in [9.17, 15) is 19.5 Å². The van der Waals surface area contributed by atoms with E-state index in [4.69, 9.17) is 4.74 Å². The van der Waals surface area contributed by atoms with Gasteiger partial charge < -0.3 is 19.6 Å². The minimum atomic E-state index is -0.870. The quantitative estimate of drug-likeness (QED) is 0.348. The molecule has 1 spiro atoms. The Morgan fingerprint density at radius 1 is 1.05 bits per heavy atom. The maximum Gasteiger partial charge on any atom is 0.311 e. The Labute approximate surface area is 222 Å². The van der Waals surface area contributed by atoms with Crippen molar-refractivity contribution in [3.8, 4) is 0 Å². The van der Waals surface area contributed by atoms with Gasteiger partial charge in [0.2, 0.25) is 5.91 Å². The number of likely N-dealkylation sites (tertiary alicyclic amines) is 1. The lowest BCUT2D eigenvalue weighted by molar-refractivity contribution is -0.154. The molecule has 1 N–H and O–H groups in total. The number of benzene rings is 1. The number of ether oxygens (including phenoxy) is 1. The van der Waals surface area contributed by atoms with Crippen molar-refractivity contribution in [3.63, 3.8) is 0 Å². The number of fused-ring (bicyclic) bond motifs is 2. The first-order valence-corrected chi connectivity index (χ1v) is 14.1. The maximum atomic E-state index is 14.5. The van der Waals surface area contributed by atoms with E-state index >= 15 is 0 Å². The normalized spacial score (nSPS) is 33.0. The van der Waals surface area contributed by atoms with E-state index in [2.05, 4.69) is 6.08 Å². The van der Waals surface area contributed by atoms with Crippen LogP contribution >= 0.6 is 11.8 Å². The number of carbonyl (C=O) groups is 3. The van der Waals surface area contributed by atoms with E-state index < -0.39 is 27.4 Å². The van der Waals surface area contributed by atoms with Crippen LogP contribution in [0.4, 0.5) is 5.69 Å². The van der Waals surface area contributed by atoms with Crippen LogP contribution < -0.4 is 4.90 Å². The standard InChI is InChI=1S/C29H36N2O5S/c1-19-10-11-20(2)21(18-19)30-15-9-13-29-22(23-27(35)36-17-8-5-12-28(23,3)37-29)25(33)31(24(29)26(30)34)14-6-4-7-16-32/h5,9-13,18,22-24,32H,4,6-8,14-17H2,1-3H3/t22-,23+,24?,28-,29-/m0/s1. The van der Waals surface area contributed by atoms with E-state index in [1.807, 2.05) is 57.2 Å². The third kappa shape index (κ3) is 4.22. The van der Waals surface area contributed by atoms with Gasteiger partial charge in [-0.25, -0.2) is 0 Å². The molecule has 2 saturated heterocycles. The van der Waals surface area contributed by atoms with Gasteiger partial charge in [-0.05, 0) is 63.6 Å². The van der Waals surface area contributed by atoms with Crippen molar-refractivity contribution in [2.75, 3.05) is 31.2 Å². The van der Waals surface area contributed by atoms with Crippen molar-refractivity contribution in [1.82, 2.24) is 4.90 Å². The smallest absolute Gasteiger partial charge is 0.311 e. The zero-order valence-electron chi connectivity index (χ0n) is 21.8. The number of unbranched alkanes of at least 4 members (excludes halogenated alkanes) is 2. The summed E-state index contributed by atoms with van der Waals surface area (Å²) in [5.41, 5.74) is 2.91. The number of aliphatic hydroxyl groups excluding tert-OH is 1. The largest absolute Gasteiger partial charge is 0.465 e. The molecule has 7 nitrogen and oxygen atoms in total. The molecule has 4 aliphatic heterocycles. The zero-order valence-corrected chi connectivity index (χ0v) is 22.6. The topological polar surface area (TPSA) is 87.2 Å². The minimum absolute atomic E-state index is 0.0977. The van der Waals surface area contributed by atoms with Crippen molar-refractivity contribution < 1.29 is 24.2 Å². The van der Waals surface area contributed by atoms with E-state index in [1.54, 1.807) is 21.6 Å². The average molecular weight is 525 g/mol. The highest BCUT2D eigenvalue weighted by molar-refractivity contribution is 8.02. The van der Waals surface area contributed by atoms with Gasteiger partial charge in [0.05, 0.1) is 23.2 Å². The average Bonchev–Trinajstić information content (AvgIpc) is 3.17. The zero-order chi connectivity index (χ0) is 26.4. The van der Waals surface area contributed by atoms with Crippen LogP contribution in [-0.2, 0) is 19.1 Å². The van der Waals surface area contributed by atoms with E-state index in [0.717, 1.165) is 23.2 Å². The number of amides is 2. The van der Waals surface area contributed by atoms with Crippen LogP contribution in [0.2, 0.25) is 0 Å². The summed E-state index contributed by atoms with van der Waals surface area (Å²) in [7, 11) is 0. The first-order chi connectivity index (χ1) is 17.7. The molecule has 1 unspecified atom stereocenters. The lowest BCUT2D eigenvalue weighted by Gasteiger charge is -2.37. The highest BCUT2D eigenvalue weighted by Gasteiger charge is 2.73. The second kappa shape index (κ2) is 9.95. The molecule has 4 heterocycles. The van der Waals surface area contributed by atoms with Gasteiger partial charge in [-0.1, -0.05) is 36.4 Å². The molecule has 0 radical (unpaired) electrons. The minimum Gasteiger partial charge on any atom is -0.465 e. The summed E-state index contributed by atoms with van der Waals surface area (Å²) in [5, 5.41) is 9.24. The Morgan fingerprint density at radius 2 is 1.86 bits per heavy atom. The predicted molar refractivity (Wildman–Crippen MR) is 144 cm³/mol. The number of hydrogen-bond donors (Lipinski definition) is 1. The Hall–Kier alpha value is -2.58. The molecular formula is C29H36N2O5S. The number of esters is 1. The molecule has 37 heavy (non-hydrogen) atoms. The van der Waals surface area contributed by atoms with Crippen molar-refractivity contribution >= 4 is 35.2 Å². The maximum absolute atomic E-state index is 14.5. The highest BCUT2D eigenvalue weighted by Crippen LogP contribution is 2.65. The molecule has 2 amide bonds. The van der Waals surface area contributed by atoms with Crippen molar-refractivity contribution in [2.24, 2.45) is 11.8 Å². The van der Waals surface area contributed by atoms with Crippen LogP contribution in [0.1, 0.15) is 43.7 Å². The van der Waals surface area contributed by atoms with Crippen LogP contribution in [0.5, 0.6) is 0 Å². The van der Waals surface area contributed by atoms with Gasteiger partial charge in [-0.15, -0.1) is 11.8 Å². The number of anilines is 1. The second-order valence-electron chi connectivity index (χ2n) is 10.8. The lowest BCUT2D eigenvalue weighted by Crippen LogP contribution is -2.53. The molecule has 0 aromatic heterocycles. The summed E-state index contributed by atoms with van der Waals surface area (Å²) >= 11 is 1.57. The van der Waals surface area contributed by atoms with Crippen LogP contribution in [0.15, 0.2) is 42.5 Å². The molecule has 1 aromatic rings. The molecule has 2 fully saturated rings. The van der Waals surface area contributed by atoms with Gasteiger partial charge in [0, 0.05) is 30.1 Å². The number of cyclic esters (lactones) is 1. The fourth-order valence-corrected chi connectivity index (χ4v) is 8.68. The number of aryl methyl sites for hydroxylation is 2. The number of thioether (sulfide) groups is 1. The molecule has 5 atom stereocenters. The molecular weight excluding hydrogens is 488 g/mol. The van der Waals surface area contributed by atoms with Gasteiger partial charge in [-0.2, -0.15) is 0 Å². The highest BCUT2D eigenvalue weighted by atomic mass is 32.2. The van der Waals surface area contributed by atoms with E-state index in [0.29, 0.717) is 39.0 Å². The van der Waals surface area contributed by atoms with Gasteiger partial charge in [-0.3, -0.25) is 14.4 Å². The molecule has 5 rings (SSSR count). The number of rotatable bonds is 6. The van der Waals surface area contributed by atoms with E-state index in [-0.39, 0.29) is 24.4 Å². The Kier molecular flexibility index (Phi) is 7.00. The predicted octanol–water partition coefficient (Wildman–Crippen LogP) is 3.56. The SMILES string of the molecule is Cc1ccc(C)c(N2CC=C[C@]34S[C@@]5(C)C=CCCOC(=O)[C@H]5[C@H]3C(=O)N(CCCCCO)C4C2=O)c1. The summed E-state index contributed by atoms with van der Waals surface area (Å²) in [4.78, 5) is 45.6. The molecule has 0 bridgehead atoms. The molecule has 4 aliphatic rings. The first-order valence-electron chi connectivity index (χ1n) is 13.3. The number of carbonyl (C=O) groups excluding carboxylic acids is 3. The van der Waals surface area contributed by atoms with E-state index in [1.165, 1.54) is 0 Å². The molecule has 198 valence electrons. The Bertz CT molecular complexity index is 1160. The first kappa shape index (κ1) is 26.0. The summed E-state index contributed by atoms with van der Waals surface area (Å²) in [6.07, 6.45) is 10.8. The summed E-state index contributed by atoms with van der Waals surface area (Å²) in [6.45, 7) is 7.22. The van der Waals surface area contributed by atoms with Crippen LogP contribution in [-0.4, -0.2) is 69.6 Å². The van der Waals surface area contributed by atoms with Crippen molar-refractivity contribution in [3.05, 3.63) is 53.6 Å². The molecule has 1 aromatic carbocycles. The van der Waals surface area contributed by atoms with Crippen molar-refractivity contribution in [1.29, 1.82) is 0 Å².